The second kappa shape index (κ2) is 7.75. The minimum atomic E-state index is -0.963. The summed E-state index contributed by atoms with van der Waals surface area (Å²) in [6, 6.07) is 8.23. The monoisotopic (exact) mass is 433 g/mol. The molecule has 10 heteroatoms. The summed E-state index contributed by atoms with van der Waals surface area (Å²) < 4.78 is 0.943. The molecule has 0 aliphatic heterocycles. The maximum Gasteiger partial charge on any atom is 0.324 e. The molecule has 1 heterocycles. The fourth-order valence-corrected chi connectivity index (χ4v) is 3.96. The number of carbonyl (C=O) groups is 3. The van der Waals surface area contributed by atoms with Gasteiger partial charge in [0, 0.05) is 16.0 Å². The van der Waals surface area contributed by atoms with Gasteiger partial charge >= 0.3 is 6.03 Å². The molecule has 29 heavy (non-hydrogen) atoms. The van der Waals surface area contributed by atoms with Crippen molar-refractivity contribution in [2.75, 3.05) is 6.61 Å². The van der Waals surface area contributed by atoms with E-state index >= 15 is 0 Å². The molecular weight excluding hydrogens is 419 g/mol. The van der Waals surface area contributed by atoms with E-state index < -0.39 is 24.5 Å². The van der Waals surface area contributed by atoms with E-state index in [0.29, 0.717) is 10.9 Å². The number of aliphatic hydroxyl groups excluding tert-OH is 1. The van der Waals surface area contributed by atoms with Crippen LogP contribution in [0.2, 0.25) is 10.0 Å². The van der Waals surface area contributed by atoms with Crippen molar-refractivity contribution in [1.82, 2.24) is 4.57 Å². The third kappa shape index (κ3) is 3.42. The van der Waals surface area contributed by atoms with Gasteiger partial charge in [-0.2, -0.15) is 0 Å². The Labute approximate surface area is 174 Å². The minimum Gasteiger partial charge on any atom is -0.395 e. The topological polar surface area (TPSA) is 154 Å². The zero-order valence-corrected chi connectivity index (χ0v) is 16.3. The summed E-state index contributed by atoms with van der Waals surface area (Å²) in [5.41, 5.74) is 16.6. The van der Waals surface area contributed by atoms with Crippen molar-refractivity contribution < 1.29 is 19.5 Å². The smallest absolute Gasteiger partial charge is 0.324 e. The number of carbonyl (C=O) groups excluding carboxylic acids is 3. The number of para-hydroxylation sites is 1. The lowest BCUT2D eigenvalue weighted by Crippen LogP contribution is -2.28. The molecule has 3 aromatic rings. The quantitative estimate of drug-likeness (QED) is 0.485. The lowest BCUT2D eigenvalue weighted by molar-refractivity contribution is 0.0988. The summed E-state index contributed by atoms with van der Waals surface area (Å²) >= 11 is 12.2. The highest BCUT2D eigenvalue weighted by atomic mass is 35.5. The molecule has 0 unspecified atom stereocenters. The van der Waals surface area contributed by atoms with E-state index in [4.69, 9.17) is 40.4 Å². The number of primary amides is 3. The number of halogens is 2. The van der Waals surface area contributed by atoms with Crippen molar-refractivity contribution in [1.29, 1.82) is 0 Å². The Morgan fingerprint density at radius 1 is 0.966 bits per heavy atom. The van der Waals surface area contributed by atoms with Crippen LogP contribution in [0.25, 0.3) is 10.9 Å². The van der Waals surface area contributed by atoms with Crippen LogP contribution in [0, 0.1) is 5.92 Å². The molecule has 0 aliphatic rings. The SMILES string of the molecule is NC(=O)c1c(Cl)cc(Cl)cc1[C](CO)c1c(C(N)=O)n(C(N)=O)c2ccccc12. The fourth-order valence-electron chi connectivity index (χ4n) is 3.37. The number of aliphatic hydroxyl groups is 1. The first-order valence-electron chi connectivity index (χ1n) is 8.18. The van der Waals surface area contributed by atoms with E-state index in [1.165, 1.54) is 12.1 Å². The molecule has 2 aromatic carbocycles. The summed E-state index contributed by atoms with van der Waals surface area (Å²) in [6.45, 7) is -0.649. The summed E-state index contributed by atoms with van der Waals surface area (Å²) in [4.78, 5) is 36.4. The van der Waals surface area contributed by atoms with Crippen molar-refractivity contribution in [3.05, 3.63) is 74.7 Å². The van der Waals surface area contributed by atoms with Crippen molar-refractivity contribution in [3.63, 3.8) is 0 Å². The average molecular weight is 434 g/mol. The summed E-state index contributed by atoms with van der Waals surface area (Å²) in [7, 11) is 0. The van der Waals surface area contributed by atoms with Crippen molar-refractivity contribution in [2.24, 2.45) is 17.2 Å². The fraction of sp³-hybridized carbons (Fsp3) is 0.0526. The Kier molecular flexibility index (Phi) is 5.52. The Bertz CT molecular complexity index is 1170. The molecule has 0 bridgehead atoms. The maximum absolute atomic E-state index is 12.3. The van der Waals surface area contributed by atoms with E-state index in [1.54, 1.807) is 24.3 Å². The van der Waals surface area contributed by atoms with Crippen LogP contribution in [-0.2, 0) is 0 Å². The highest BCUT2D eigenvalue weighted by Crippen LogP contribution is 2.38. The number of nitrogens with zero attached hydrogens (tertiary/aromatic N) is 1. The predicted molar refractivity (Wildman–Crippen MR) is 109 cm³/mol. The van der Waals surface area contributed by atoms with Gasteiger partial charge in [-0.05, 0) is 23.8 Å². The first-order chi connectivity index (χ1) is 13.7. The van der Waals surface area contributed by atoms with Gasteiger partial charge in [-0.15, -0.1) is 0 Å². The number of amides is 3. The molecule has 0 fully saturated rings. The number of fused-ring (bicyclic) bond motifs is 1. The number of hydrogen-bond acceptors (Lipinski definition) is 4. The predicted octanol–water partition coefficient (Wildman–Crippen LogP) is 2.04. The number of rotatable bonds is 5. The minimum absolute atomic E-state index is 0.0368. The van der Waals surface area contributed by atoms with E-state index in [1.807, 2.05) is 0 Å². The van der Waals surface area contributed by atoms with Gasteiger partial charge in [0.25, 0.3) is 11.8 Å². The normalized spacial score (nSPS) is 11.2. The molecule has 1 radical (unpaired) electrons. The third-order valence-corrected chi connectivity index (χ3v) is 4.93. The molecule has 3 amide bonds. The van der Waals surface area contributed by atoms with E-state index in [2.05, 4.69) is 0 Å². The largest absolute Gasteiger partial charge is 0.395 e. The summed E-state index contributed by atoms with van der Waals surface area (Å²) in [5.74, 6) is -1.75. The Morgan fingerprint density at radius 3 is 2.17 bits per heavy atom. The van der Waals surface area contributed by atoms with Crippen LogP contribution in [0.5, 0.6) is 0 Å². The van der Waals surface area contributed by atoms with Gasteiger partial charge in [0.15, 0.2) is 0 Å². The van der Waals surface area contributed by atoms with Gasteiger partial charge in [0.2, 0.25) is 0 Å². The van der Waals surface area contributed by atoms with Crippen LogP contribution in [0.3, 0.4) is 0 Å². The van der Waals surface area contributed by atoms with E-state index in [9.17, 15) is 19.5 Å². The highest BCUT2D eigenvalue weighted by molar-refractivity contribution is 6.37. The number of aromatic nitrogens is 1. The van der Waals surface area contributed by atoms with Crippen molar-refractivity contribution >= 4 is 52.0 Å². The molecule has 0 aliphatic carbocycles. The Balaban J connectivity index is 2.48. The molecule has 0 saturated heterocycles. The van der Waals surface area contributed by atoms with Crippen molar-refractivity contribution in [2.45, 2.75) is 0 Å². The van der Waals surface area contributed by atoms with E-state index in [0.717, 1.165) is 4.57 Å². The molecular formula is C19H15Cl2N4O4. The van der Waals surface area contributed by atoms with Gasteiger partial charge < -0.3 is 22.3 Å². The first kappa shape index (κ1) is 20.7. The molecule has 1 aromatic heterocycles. The van der Waals surface area contributed by atoms with Crippen molar-refractivity contribution in [3.8, 4) is 0 Å². The second-order valence-corrected chi connectivity index (χ2v) is 6.93. The number of nitrogens with two attached hydrogens (primary N) is 3. The molecule has 0 saturated carbocycles. The Hall–Kier alpha value is -3.07. The average Bonchev–Trinajstić information content (AvgIpc) is 2.97. The van der Waals surface area contributed by atoms with Gasteiger partial charge in [-0.1, -0.05) is 41.4 Å². The molecule has 0 atom stereocenters. The van der Waals surface area contributed by atoms with Crippen LogP contribution in [0.15, 0.2) is 36.4 Å². The van der Waals surface area contributed by atoms with Crippen LogP contribution >= 0.6 is 23.2 Å². The first-order valence-corrected chi connectivity index (χ1v) is 8.93. The zero-order valence-electron chi connectivity index (χ0n) is 14.8. The van der Waals surface area contributed by atoms with Gasteiger partial charge in [0.1, 0.15) is 5.69 Å². The summed E-state index contributed by atoms with van der Waals surface area (Å²) in [6.07, 6.45) is 0. The zero-order chi connectivity index (χ0) is 21.5. The van der Waals surface area contributed by atoms with Crippen LogP contribution < -0.4 is 17.2 Å². The number of benzene rings is 2. The maximum atomic E-state index is 12.3. The standard InChI is InChI=1S/C19H15Cl2N4O4/c20-8-5-10(15(17(22)27)12(21)6-8)11(7-26)14-9-3-1-2-4-13(9)25(19(24)29)16(14)18(23)28/h1-6,26H,7H2,(H2,22,27)(H2,23,28)(H2,24,29). The highest BCUT2D eigenvalue weighted by Gasteiger charge is 2.32. The van der Waals surface area contributed by atoms with Gasteiger partial charge in [0.05, 0.1) is 28.6 Å². The molecule has 8 nitrogen and oxygen atoms in total. The van der Waals surface area contributed by atoms with Crippen LogP contribution in [-0.4, -0.2) is 34.1 Å². The van der Waals surface area contributed by atoms with E-state index in [-0.39, 0.29) is 38.3 Å². The second-order valence-electron chi connectivity index (χ2n) is 6.09. The molecule has 149 valence electrons. The van der Waals surface area contributed by atoms with Gasteiger partial charge in [-0.25, -0.2) is 4.79 Å². The Morgan fingerprint density at radius 2 is 1.62 bits per heavy atom. The molecule has 3 rings (SSSR count). The third-order valence-electron chi connectivity index (χ3n) is 4.41. The van der Waals surface area contributed by atoms with Crippen LogP contribution in [0.1, 0.15) is 32.0 Å². The molecule has 7 N–H and O–H groups in total. The molecule has 0 spiro atoms. The van der Waals surface area contributed by atoms with Crippen LogP contribution in [0.4, 0.5) is 4.79 Å². The van der Waals surface area contributed by atoms with Gasteiger partial charge in [-0.3, -0.25) is 14.2 Å². The summed E-state index contributed by atoms with van der Waals surface area (Å²) in [5, 5.41) is 10.7. The number of hydrogen-bond donors (Lipinski definition) is 4. The lowest BCUT2D eigenvalue weighted by Gasteiger charge is -2.19. The lowest BCUT2D eigenvalue weighted by atomic mass is 9.86.